The molecule has 2 aromatic rings. The van der Waals surface area contributed by atoms with E-state index in [0.717, 1.165) is 7.11 Å². The van der Waals surface area contributed by atoms with Crippen LogP contribution >= 0.6 is 0 Å². The van der Waals surface area contributed by atoms with Crippen LogP contribution in [0.5, 0.6) is 17.2 Å². The fourth-order valence-electron chi connectivity index (χ4n) is 3.11. The number of phenols is 2. The van der Waals surface area contributed by atoms with Crippen LogP contribution in [-0.2, 0) is 4.74 Å². The highest BCUT2D eigenvalue weighted by atomic mass is 16.5. The van der Waals surface area contributed by atoms with Crippen molar-refractivity contribution in [2.45, 2.75) is 6.92 Å². The standard InChI is InChI=1S/C18H14O7/c1-7-10-13(16(22)17(24-2)11(7)18(23)25-3)14(20)8-5-4-6-9(19)12(8)15(10)21/h4-6,19,22H,1-3H3. The lowest BCUT2D eigenvalue weighted by Gasteiger charge is -2.24. The van der Waals surface area contributed by atoms with Crippen molar-refractivity contribution in [2.24, 2.45) is 0 Å². The van der Waals surface area contributed by atoms with Gasteiger partial charge in [-0.2, -0.15) is 0 Å². The Morgan fingerprint density at radius 2 is 1.68 bits per heavy atom. The SMILES string of the molecule is COC(=O)c1c(C)c2c(c(O)c1OC)C(=O)c1cccc(O)c1C2=O. The van der Waals surface area contributed by atoms with Gasteiger partial charge in [0.15, 0.2) is 23.1 Å². The molecule has 0 radical (unpaired) electrons. The Bertz CT molecular complexity index is 957. The summed E-state index contributed by atoms with van der Waals surface area (Å²) in [7, 11) is 2.37. The van der Waals surface area contributed by atoms with E-state index in [1.165, 1.54) is 32.2 Å². The third-order valence-corrected chi connectivity index (χ3v) is 4.24. The van der Waals surface area contributed by atoms with Crippen LogP contribution < -0.4 is 4.74 Å². The van der Waals surface area contributed by atoms with Gasteiger partial charge < -0.3 is 19.7 Å². The summed E-state index contributed by atoms with van der Waals surface area (Å²) in [6.45, 7) is 1.45. The molecule has 2 N–H and O–H groups in total. The number of phenolic OH excluding ortho intramolecular Hbond substituents is 2. The van der Waals surface area contributed by atoms with E-state index in [1.54, 1.807) is 0 Å². The van der Waals surface area contributed by atoms with Crippen molar-refractivity contribution in [1.29, 1.82) is 0 Å². The Kier molecular flexibility index (Phi) is 3.71. The number of rotatable bonds is 2. The zero-order valence-electron chi connectivity index (χ0n) is 13.7. The molecule has 3 rings (SSSR count). The van der Waals surface area contributed by atoms with Crippen LogP contribution in [0.25, 0.3) is 0 Å². The molecule has 25 heavy (non-hydrogen) atoms. The van der Waals surface area contributed by atoms with Crippen molar-refractivity contribution in [3.8, 4) is 17.2 Å². The molecule has 0 atom stereocenters. The van der Waals surface area contributed by atoms with Crippen LogP contribution in [0, 0.1) is 6.92 Å². The first-order valence-electron chi connectivity index (χ1n) is 7.28. The van der Waals surface area contributed by atoms with Gasteiger partial charge >= 0.3 is 5.97 Å². The molecular weight excluding hydrogens is 328 g/mol. The molecule has 7 nitrogen and oxygen atoms in total. The average molecular weight is 342 g/mol. The van der Waals surface area contributed by atoms with Crippen LogP contribution in [0.1, 0.15) is 47.8 Å². The van der Waals surface area contributed by atoms with Crippen LogP contribution in [0.2, 0.25) is 0 Å². The van der Waals surface area contributed by atoms with Crippen molar-refractivity contribution in [1.82, 2.24) is 0 Å². The first-order chi connectivity index (χ1) is 11.8. The molecular formula is C18H14O7. The van der Waals surface area contributed by atoms with Gasteiger partial charge in [0.25, 0.3) is 0 Å². The number of benzene rings is 2. The number of ether oxygens (including phenoxy) is 2. The topological polar surface area (TPSA) is 110 Å². The van der Waals surface area contributed by atoms with E-state index in [9.17, 15) is 24.6 Å². The summed E-state index contributed by atoms with van der Waals surface area (Å²) in [6, 6.07) is 4.09. The minimum atomic E-state index is -0.823. The highest BCUT2D eigenvalue weighted by molar-refractivity contribution is 6.31. The van der Waals surface area contributed by atoms with E-state index in [0.29, 0.717) is 0 Å². The summed E-state index contributed by atoms with van der Waals surface area (Å²) in [6.07, 6.45) is 0. The predicted octanol–water partition coefficient (Wildman–Crippen LogP) is 1.98. The zero-order valence-corrected chi connectivity index (χ0v) is 13.7. The lowest BCUT2D eigenvalue weighted by molar-refractivity contribution is 0.0595. The van der Waals surface area contributed by atoms with Crippen molar-refractivity contribution < 1.29 is 34.1 Å². The molecule has 0 unspecified atom stereocenters. The van der Waals surface area contributed by atoms with Crippen LogP contribution in [0.3, 0.4) is 0 Å². The zero-order chi connectivity index (χ0) is 18.5. The van der Waals surface area contributed by atoms with Gasteiger partial charge in [0.05, 0.1) is 25.3 Å². The number of carbonyl (C=O) groups is 3. The molecule has 0 amide bonds. The lowest BCUT2D eigenvalue weighted by Crippen LogP contribution is -2.24. The van der Waals surface area contributed by atoms with Crippen molar-refractivity contribution in [2.75, 3.05) is 14.2 Å². The Morgan fingerprint density at radius 1 is 1.00 bits per heavy atom. The Labute approximate surface area is 142 Å². The van der Waals surface area contributed by atoms with E-state index < -0.39 is 23.3 Å². The molecule has 128 valence electrons. The van der Waals surface area contributed by atoms with Gasteiger partial charge in [-0.3, -0.25) is 9.59 Å². The van der Waals surface area contributed by atoms with Gasteiger partial charge in [-0.05, 0) is 18.6 Å². The Balaban J connectivity index is 2.46. The van der Waals surface area contributed by atoms with E-state index in [-0.39, 0.29) is 44.9 Å². The second-order valence-electron chi connectivity index (χ2n) is 5.48. The monoisotopic (exact) mass is 342 g/mol. The normalized spacial score (nSPS) is 12.4. The second kappa shape index (κ2) is 5.62. The minimum absolute atomic E-state index is 0.0277. The van der Waals surface area contributed by atoms with E-state index in [4.69, 9.17) is 4.74 Å². The summed E-state index contributed by atoms with van der Waals surface area (Å²) >= 11 is 0. The molecule has 0 saturated carbocycles. The van der Waals surface area contributed by atoms with E-state index in [2.05, 4.69) is 4.74 Å². The van der Waals surface area contributed by atoms with Gasteiger partial charge in [0, 0.05) is 11.1 Å². The van der Waals surface area contributed by atoms with Crippen molar-refractivity contribution in [3.05, 3.63) is 51.6 Å². The average Bonchev–Trinajstić information content (AvgIpc) is 2.59. The molecule has 1 aliphatic carbocycles. The van der Waals surface area contributed by atoms with Gasteiger partial charge in [-0.25, -0.2) is 4.79 Å². The quantitative estimate of drug-likeness (QED) is 0.685. The summed E-state index contributed by atoms with van der Waals surface area (Å²) in [4.78, 5) is 37.8. The summed E-state index contributed by atoms with van der Waals surface area (Å²) in [5.74, 6) is -3.34. The van der Waals surface area contributed by atoms with Gasteiger partial charge in [0.2, 0.25) is 0 Å². The molecule has 1 aliphatic rings. The first-order valence-corrected chi connectivity index (χ1v) is 7.28. The van der Waals surface area contributed by atoms with Crippen LogP contribution in [0.4, 0.5) is 0 Å². The van der Waals surface area contributed by atoms with Gasteiger partial charge in [0.1, 0.15) is 11.3 Å². The maximum atomic E-state index is 12.9. The highest BCUT2D eigenvalue weighted by Gasteiger charge is 2.39. The maximum Gasteiger partial charge on any atom is 0.342 e. The third-order valence-electron chi connectivity index (χ3n) is 4.24. The molecule has 0 aromatic heterocycles. The smallest absolute Gasteiger partial charge is 0.342 e. The fraction of sp³-hybridized carbons (Fsp3) is 0.167. The number of hydrogen-bond acceptors (Lipinski definition) is 7. The van der Waals surface area contributed by atoms with Crippen LogP contribution in [-0.4, -0.2) is 42.0 Å². The number of hydrogen-bond donors (Lipinski definition) is 2. The molecule has 0 fully saturated rings. The Morgan fingerprint density at radius 3 is 2.28 bits per heavy atom. The second-order valence-corrected chi connectivity index (χ2v) is 5.48. The van der Waals surface area contributed by atoms with E-state index in [1.807, 2.05) is 0 Å². The van der Waals surface area contributed by atoms with Crippen LogP contribution in [0.15, 0.2) is 18.2 Å². The third kappa shape index (κ3) is 2.09. The summed E-state index contributed by atoms with van der Waals surface area (Å²) < 4.78 is 9.76. The highest BCUT2D eigenvalue weighted by Crippen LogP contribution is 2.45. The number of carbonyl (C=O) groups excluding carboxylic acids is 3. The largest absolute Gasteiger partial charge is 0.507 e. The van der Waals surface area contributed by atoms with Gasteiger partial charge in [-0.1, -0.05) is 12.1 Å². The number of fused-ring (bicyclic) bond motifs is 2. The van der Waals surface area contributed by atoms with Crippen molar-refractivity contribution >= 4 is 17.5 Å². The number of methoxy groups -OCH3 is 2. The summed E-state index contributed by atoms with van der Waals surface area (Å²) in [5, 5.41) is 20.5. The minimum Gasteiger partial charge on any atom is -0.507 e. The first kappa shape index (κ1) is 16.5. The molecule has 0 heterocycles. The molecule has 0 bridgehead atoms. The predicted molar refractivity (Wildman–Crippen MR) is 85.7 cm³/mol. The number of ketones is 2. The maximum absolute atomic E-state index is 12.9. The number of esters is 1. The van der Waals surface area contributed by atoms with Gasteiger partial charge in [-0.15, -0.1) is 0 Å². The molecule has 0 spiro atoms. The molecule has 7 heteroatoms. The summed E-state index contributed by atoms with van der Waals surface area (Å²) in [5.41, 5.74) is -0.628. The molecule has 0 aliphatic heterocycles. The van der Waals surface area contributed by atoms with Crippen molar-refractivity contribution in [3.63, 3.8) is 0 Å². The lowest BCUT2D eigenvalue weighted by atomic mass is 9.79. The van der Waals surface area contributed by atoms with E-state index >= 15 is 0 Å². The molecule has 2 aromatic carbocycles. The molecule has 0 saturated heterocycles. The Hall–Kier alpha value is -3.35. The fourth-order valence-corrected chi connectivity index (χ4v) is 3.11. The number of aromatic hydroxyl groups is 2.